The Hall–Kier alpha value is -0.830. The molecule has 0 saturated carbocycles. The van der Waals surface area contributed by atoms with Crippen molar-refractivity contribution in [2.24, 2.45) is 0 Å². The Balaban J connectivity index is 0. The van der Waals surface area contributed by atoms with E-state index in [-0.39, 0.29) is 12.1 Å². The number of quaternary nitrogens is 1. The van der Waals surface area contributed by atoms with E-state index >= 15 is 0 Å². The molecule has 0 aliphatic heterocycles. The van der Waals surface area contributed by atoms with Crippen molar-refractivity contribution >= 4 is 5.97 Å². The molecule has 0 unspecified atom stereocenters. The van der Waals surface area contributed by atoms with Crippen LogP contribution < -0.4 is 6.15 Å². The first-order valence-electron chi connectivity index (χ1n) is 2.10. The van der Waals surface area contributed by atoms with Crippen LogP contribution >= 0.6 is 0 Å². The summed E-state index contributed by atoms with van der Waals surface area (Å²) in [6, 6.07) is 0. The minimum Gasteiger partial charge on any atom is -0.463 e. The normalized spacial score (nSPS) is 6.62. The predicted molar refractivity (Wildman–Crippen MR) is 32.8 cm³/mol. The summed E-state index contributed by atoms with van der Waals surface area (Å²) in [6.07, 6.45) is 1.14. The van der Waals surface area contributed by atoms with E-state index in [9.17, 15) is 4.79 Å². The quantitative estimate of drug-likeness (QED) is 0.436. The summed E-state index contributed by atoms with van der Waals surface area (Å²) in [5.41, 5.74) is 0. The number of ether oxygens (including phenoxy) is 1. The van der Waals surface area contributed by atoms with Crippen molar-refractivity contribution in [1.29, 1.82) is 0 Å². The summed E-state index contributed by atoms with van der Waals surface area (Å²) < 4.78 is 4.43. The lowest BCUT2D eigenvalue weighted by Crippen LogP contribution is -1.97. The molecule has 0 heterocycles. The van der Waals surface area contributed by atoms with Crippen LogP contribution in [0.4, 0.5) is 0 Å². The Morgan fingerprint density at radius 1 is 1.88 bits per heavy atom. The Morgan fingerprint density at radius 3 is 2.50 bits per heavy atom. The Morgan fingerprint density at radius 2 is 2.38 bits per heavy atom. The largest absolute Gasteiger partial charge is 0.463 e. The summed E-state index contributed by atoms with van der Waals surface area (Å²) in [4.78, 5) is 10.1. The third-order valence-corrected chi connectivity index (χ3v) is 0.453. The van der Waals surface area contributed by atoms with E-state index in [1.165, 1.54) is 0 Å². The van der Waals surface area contributed by atoms with Gasteiger partial charge in [-0.05, 0) is 6.92 Å². The van der Waals surface area contributed by atoms with Gasteiger partial charge in [-0.25, -0.2) is 4.79 Å². The molecule has 0 aromatic carbocycles. The van der Waals surface area contributed by atoms with E-state index in [0.29, 0.717) is 6.61 Å². The molecule has 8 heavy (non-hydrogen) atoms. The molecule has 0 aromatic heterocycles. The fourth-order valence-electron chi connectivity index (χ4n) is 0.201. The van der Waals surface area contributed by atoms with Crippen molar-refractivity contribution in [1.82, 2.24) is 6.15 Å². The Kier molecular flexibility index (Phi) is 7.88. The monoisotopic (exact) mass is 118 g/mol. The second-order valence-electron chi connectivity index (χ2n) is 0.956. The number of rotatable bonds is 2. The summed E-state index contributed by atoms with van der Waals surface area (Å²) in [7, 11) is 0. The highest BCUT2D eigenvalue weighted by molar-refractivity contribution is 5.81. The lowest BCUT2D eigenvalue weighted by atomic mass is 10.6. The topological polar surface area (TPSA) is 62.8 Å². The van der Waals surface area contributed by atoms with E-state index in [1.54, 1.807) is 6.92 Å². The van der Waals surface area contributed by atoms with Gasteiger partial charge in [-0.15, -0.1) is 0 Å². The van der Waals surface area contributed by atoms with E-state index in [2.05, 4.69) is 11.3 Å². The Labute approximate surface area is 48.9 Å². The number of hydrogen-bond donors (Lipinski definition) is 1. The molecule has 0 bridgehead atoms. The number of carbonyl (C=O) groups excluding carboxylic acids is 1. The first-order chi connectivity index (χ1) is 3.31. The van der Waals surface area contributed by atoms with E-state index in [4.69, 9.17) is 0 Å². The van der Waals surface area contributed by atoms with Gasteiger partial charge in [0.1, 0.15) is 0 Å². The third kappa shape index (κ3) is 5.17. The van der Waals surface area contributed by atoms with Gasteiger partial charge >= 0.3 is 5.97 Å². The molecule has 0 aliphatic carbocycles. The zero-order valence-electron chi connectivity index (χ0n) is 5.31. The number of esters is 1. The predicted octanol–water partition coefficient (Wildman–Crippen LogP) is 1.11. The zero-order valence-corrected chi connectivity index (χ0v) is 5.31. The van der Waals surface area contributed by atoms with Gasteiger partial charge in [0.25, 0.3) is 0 Å². The van der Waals surface area contributed by atoms with Gasteiger partial charge in [-0.2, -0.15) is 0 Å². The summed E-state index contributed by atoms with van der Waals surface area (Å²) in [5.74, 6) is -0.359. The lowest BCUT2D eigenvalue weighted by molar-refractivity contribution is -0.137. The van der Waals surface area contributed by atoms with Crippen LogP contribution in [0.25, 0.3) is 0 Å². The van der Waals surface area contributed by atoms with Crippen LogP contribution in [0, 0.1) is 0 Å². The maximum absolute atomic E-state index is 10.1. The first kappa shape index (κ1) is 10.2. The van der Waals surface area contributed by atoms with E-state index < -0.39 is 0 Å². The van der Waals surface area contributed by atoms with Crippen LogP contribution in [-0.2, 0) is 9.53 Å². The lowest BCUT2D eigenvalue weighted by Gasteiger charge is -1.90. The van der Waals surface area contributed by atoms with Gasteiger partial charge in [0.05, 0.1) is 6.61 Å². The molecule has 0 aromatic rings. The van der Waals surface area contributed by atoms with E-state index in [0.717, 1.165) is 6.08 Å². The van der Waals surface area contributed by atoms with Crippen LogP contribution in [0.2, 0.25) is 0 Å². The molecule has 3 heteroatoms. The van der Waals surface area contributed by atoms with Gasteiger partial charge in [0.2, 0.25) is 0 Å². The van der Waals surface area contributed by atoms with Crippen molar-refractivity contribution in [3.63, 3.8) is 0 Å². The molecule has 0 aliphatic rings. The molecule has 0 saturated heterocycles. The van der Waals surface area contributed by atoms with Crippen LogP contribution in [0.3, 0.4) is 0 Å². The smallest absolute Gasteiger partial charge is 0.330 e. The molecular weight excluding hydrogens is 106 g/mol. The van der Waals surface area contributed by atoms with E-state index in [1.807, 2.05) is 0 Å². The van der Waals surface area contributed by atoms with Gasteiger partial charge in [0, 0.05) is 6.08 Å². The SMILES string of the molecule is C=CC(=O)OCC.[NH4+]. The van der Waals surface area contributed by atoms with Crippen LogP contribution in [0.15, 0.2) is 12.7 Å². The number of carbonyl (C=O) groups is 1. The van der Waals surface area contributed by atoms with Crippen LogP contribution in [-0.4, -0.2) is 12.6 Å². The fourth-order valence-corrected chi connectivity index (χ4v) is 0.201. The zero-order chi connectivity index (χ0) is 5.70. The Bertz CT molecular complexity index is 80.5. The van der Waals surface area contributed by atoms with Gasteiger partial charge < -0.3 is 10.9 Å². The van der Waals surface area contributed by atoms with Gasteiger partial charge in [-0.1, -0.05) is 6.58 Å². The highest BCUT2D eigenvalue weighted by atomic mass is 16.5. The third-order valence-electron chi connectivity index (χ3n) is 0.453. The minimum atomic E-state index is -0.359. The average molecular weight is 118 g/mol. The molecule has 0 fully saturated rings. The minimum absolute atomic E-state index is 0. The van der Waals surface area contributed by atoms with Crippen molar-refractivity contribution in [2.45, 2.75) is 6.92 Å². The second kappa shape index (κ2) is 6.17. The van der Waals surface area contributed by atoms with Crippen LogP contribution in [0.1, 0.15) is 6.92 Å². The van der Waals surface area contributed by atoms with Gasteiger partial charge in [0.15, 0.2) is 0 Å². The standard InChI is InChI=1S/C5H8O2.H3N/c1-3-5(6)7-4-2;/h3H,1,4H2,2H3;1H3/p+1. The van der Waals surface area contributed by atoms with Crippen molar-refractivity contribution in [3.8, 4) is 0 Å². The second-order valence-corrected chi connectivity index (χ2v) is 0.956. The summed E-state index contributed by atoms with van der Waals surface area (Å²) in [5, 5.41) is 0. The molecule has 3 nitrogen and oxygen atoms in total. The molecule has 0 radical (unpaired) electrons. The molecule has 0 atom stereocenters. The maximum Gasteiger partial charge on any atom is 0.330 e. The van der Waals surface area contributed by atoms with Crippen molar-refractivity contribution in [3.05, 3.63) is 12.7 Å². The van der Waals surface area contributed by atoms with Crippen LogP contribution in [0.5, 0.6) is 0 Å². The molecule has 0 rings (SSSR count). The highest BCUT2D eigenvalue weighted by Crippen LogP contribution is 1.74. The molecule has 4 N–H and O–H groups in total. The maximum atomic E-state index is 10.1. The van der Waals surface area contributed by atoms with Gasteiger partial charge in [-0.3, -0.25) is 0 Å². The average Bonchev–Trinajstić information content (AvgIpc) is 1.68. The molecule has 48 valence electrons. The summed E-state index contributed by atoms with van der Waals surface area (Å²) >= 11 is 0. The fraction of sp³-hybridized carbons (Fsp3) is 0.400. The first-order valence-corrected chi connectivity index (χ1v) is 2.10. The summed E-state index contributed by atoms with van der Waals surface area (Å²) in [6.45, 7) is 5.38. The number of hydrogen-bond acceptors (Lipinski definition) is 2. The van der Waals surface area contributed by atoms with Crippen molar-refractivity contribution in [2.75, 3.05) is 6.61 Å². The highest BCUT2D eigenvalue weighted by Gasteiger charge is 1.86. The van der Waals surface area contributed by atoms with Crippen molar-refractivity contribution < 1.29 is 9.53 Å². The molecular formula is C5H12NO2+. The molecule has 0 spiro atoms. The molecule has 0 amide bonds.